The summed E-state index contributed by atoms with van der Waals surface area (Å²) in [6, 6.07) is 8.86. The molecule has 1 N–H and O–H groups in total. The molecule has 134 valence electrons. The van der Waals surface area contributed by atoms with E-state index in [4.69, 9.17) is 0 Å². The van der Waals surface area contributed by atoms with Gasteiger partial charge in [0.1, 0.15) is 18.7 Å². The number of carbonyl (C=O) groups excluding carboxylic acids is 3. The van der Waals surface area contributed by atoms with Gasteiger partial charge in [-0.2, -0.15) is 5.10 Å². The first kappa shape index (κ1) is 16.6. The number of amides is 3. The maximum Gasteiger partial charge on any atom is 0.262 e. The van der Waals surface area contributed by atoms with Crippen LogP contribution in [0.1, 0.15) is 27.6 Å². The van der Waals surface area contributed by atoms with Gasteiger partial charge >= 0.3 is 0 Å². The fraction of sp³-hybridized carbons (Fsp3) is 0.111. The van der Waals surface area contributed by atoms with Crippen molar-refractivity contribution >= 4 is 23.4 Å². The number of pyridine rings is 1. The zero-order valence-corrected chi connectivity index (χ0v) is 14.2. The molecule has 3 amide bonds. The number of fused-ring (bicyclic) bond motifs is 1. The number of hydrogen-bond donors (Lipinski definition) is 1. The van der Waals surface area contributed by atoms with Gasteiger partial charge in [-0.1, -0.05) is 12.1 Å². The van der Waals surface area contributed by atoms with E-state index < -0.39 is 23.8 Å². The standard InChI is InChI=1S/C18H14N6O3/c1-11(24-17(26)13-4-2-3-5-14(13)18(24)27)16(25)22-12-6-7-15(20-8-12)23-10-19-9-21-23/h2-11H,1H3,(H,22,25). The predicted octanol–water partition coefficient (Wildman–Crippen LogP) is 1.29. The van der Waals surface area contributed by atoms with Crippen LogP contribution < -0.4 is 5.32 Å². The molecule has 0 radical (unpaired) electrons. The van der Waals surface area contributed by atoms with Crippen LogP contribution in [0.5, 0.6) is 0 Å². The Morgan fingerprint density at radius 1 is 1.07 bits per heavy atom. The van der Waals surface area contributed by atoms with Gasteiger partial charge in [0.2, 0.25) is 5.91 Å². The van der Waals surface area contributed by atoms with E-state index in [0.29, 0.717) is 22.6 Å². The molecule has 3 aromatic rings. The number of carbonyl (C=O) groups is 3. The number of anilines is 1. The van der Waals surface area contributed by atoms with E-state index >= 15 is 0 Å². The van der Waals surface area contributed by atoms with Crippen LogP contribution in [0.4, 0.5) is 5.69 Å². The molecular formula is C18H14N6O3. The quantitative estimate of drug-likeness (QED) is 0.700. The van der Waals surface area contributed by atoms with Gasteiger partial charge < -0.3 is 5.32 Å². The van der Waals surface area contributed by atoms with E-state index in [-0.39, 0.29) is 0 Å². The van der Waals surface area contributed by atoms with Crippen LogP contribution in [-0.2, 0) is 4.79 Å². The van der Waals surface area contributed by atoms with Gasteiger partial charge in [0.25, 0.3) is 11.8 Å². The van der Waals surface area contributed by atoms with Crippen molar-refractivity contribution in [1.82, 2.24) is 24.6 Å². The highest BCUT2D eigenvalue weighted by molar-refractivity contribution is 6.23. The predicted molar refractivity (Wildman–Crippen MR) is 94.2 cm³/mol. The lowest BCUT2D eigenvalue weighted by Gasteiger charge is -2.21. The van der Waals surface area contributed by atoms with Crippen molar-refractivity contribution in [3.05, 3.63) is 66.4 Å². The molecule has 0 bridgehead atoms. The van der Waals surface area contributed by atoms with E-state index in [1.54, 1.807) is 36.4 Å². The van der Waals surface area contributed by atoms with Crippen LogP contribution >= 0.6 is 0 Å². The normalized spacial score (nSPS) is 14.2. The van der Waals surface area contributed by atoms with Crippen molar-refractivity contribution in [1.29, 1.82) is 0 Å². The zero-order valence-electron chi connectivity index (χ0n) is 14.2. The number of benzene rings is 1. The summed E-state index contributed by atoms with van der Waals surface area (Å²) >= 11 is 0. The Morgan fingerprint density at radius 3 is 2.33 bits per heavy atom. The second kappa shape index (κ2) is 6.45. The van der Waals surface area contributed by atoms with E-state index in [1.165, 1.54) is 30.5 Å². The summed E-state index contributed by atoms with van der Waals surface area (Å²) in [5, 5.41) is 6.63. The van der Waals surface area contributed by atoms with E-state index in [9.17, 15) is 14.4 Å². The lowest BCUT2D eigenvalue weighted by atomic mass is 10.1. The molecule has 1 aliphatic rings. The molecule has 1 aliphatic heterocycles. The molecule has 27 heavy (non-hydrogen) atoms. The molecule has 4 rings (SSSR count). The Hall–Kier alpha value is -3.88. The van der Waals surface area contributed by atoms with Gasteiger partial charge in [-0.05, 0) is 31.2 Å². The molecule has 0 saturated heterocycles. The number of rotatable bonds is 4. The Labute approximate surface area is 153 Å². The third kappa shape index (κ3) is 2.84. The third-order valence-electron chi connectivity index (χ3n) is 4.26. The maximum atomic E-state index is 12.5. The first-order valence-corrected chi connectivity index (χ1v) is 8.15. The number of nitrogens with zero attached hydrogens (tertiary/aromatic N) is 5. The monoisotopic (exact) mass is 362 g/mol. The first-order chi connectivity index (χ1) is 13.1. The van der Waals surface area contributed by atoms with Crippen LogP contribution in [-0.4, -0.2) is 48.4 Å². The van der Waals surface area contributed by atoms with Crippen LogP contribution in [0.3, 0.4) is 0 Å². The van der Waals surface area contributed by atoms with Crippen molar-refractivity contribution in [3.63, 3.8) is 0 Å². The third-order valence-corrected chi connectivity index (χ3v) is 4.26. The van der Waals surface area contributed by atoms with Crippen molar-refractivity contribution in [2.75, 3.05) is 5.32 Å². The lowest BCUT2D eigenvalue weighted by Crippen LogP contribution is -2.45. The molecular weight excluding hydrogens is 348 g/mol. The minimum absolute atomic E-state index is 0.306. The van der Waals surface area contributed by atoms with E-state index in [1.807, 2.05) is 0 Å². The number of nitrogens with one attached hydrogen (secondary N) is 1. The average molecular weight is 362 g/mol. The summed E-state index contributed by atoms with van der Waals surface area (Å²) < 4.78 is 1.48. The Balaban J connectivity index is 1.49. The van der Waals surface area contributed by atoms with E-state index in [2.05, 4.69) is 20.4 Å². The van der Waals surface area contributed by atoms with Crippen LogP contribution in [0.25, 0.3) is 5.82 Å². The van der Waals surface area contributed by atoms with Gasteiger partial charge in [-0.3, -0.25) is 19.3 Å². The molecule has 9 heteroatoms. The molecule has 3 heterocycles. The molecule has 1 unspecified atom stereocenters. The average Bonchev–Trinajstić information content (AvgIpc) is 3.30. The fourth-order valence-electron chi connectivity index (χ4n) is 2.85. The van der Waals surface area contributed by atoms with Crippen LogP contribution in [0, 0.1) is 0 Å². The van der Waals surface area contributed by atoms with Gasteiger partial charge in [-0.25, -0.2) is 14.6 Å². The molecule has 0 fully saturated rings. The minimum Gasteiger partial charge on any atom is -0.323 e. The smallest absolute Gasteiger partial charge is 0.262 e. The van der Waals surface area contributed by atoms with Gasteiger partial charge in [0, 0.05) is 0 Å². The van der Waals surface area contributed by atoms with Crippen LogP contribution in [0.2, 0.25) is 0 Å². The van der Waals surface area contributed by atoms with Gasteiger partial charge in [-0.15, -0.1) is 0 Å². The second-order valence-corrected chi connectivity index (χ2v) is 5.94. The summed E-state index contributed by atoms with van der Waals surface area (Å²) in [5.74, 6) is -0.894. The Bertz CT molecular complexity index is 995. The summed E-state index contributed by atoms with van der Waals surface area (Å²) in [7, 11) is 0. The van der Waals surface area contributed by atoms with E-state index in [0.717, 1.165) is 4.90 Å². The summed E-state index contributed by atoms with van der Waals surface area (Å²) in [6.45, 7) is 1.51. The van der Waals surface area contributed by atoms with Crippen LogP contribution in [0.15, 0.2) is 55.2 Å². The minimum atomic E-state index is -0.965. The number of imide groups is 1. The highest BCUT2D eigenvalue weighted by Gasteiger charge is 2.40. The molecule has 9 nitrogen and oxygen atoms in total. The van der Waals surface area contributed by atoms with Crippen molar-refractivity contribution in [3.8, 4) is 5.82 Å². The highest BCUT2D eigenvalue weighted by Crippen LogP contribution is 2.24. The van der Waals surface area contributed by atoms with Crippen molar-refractivity contribution in [2.24, 2.45) is 0 Å². The number of aromatic nitrogens is 4. The molecule has 0 spiro atoms. The molecule has 1 aromatic carbocycles. The molecule has 0 saturated carbocycles. The van der Waals surface area contributed by atoms with Gasteiger partial charge in [0.05, 0.1) is 23.0 Å². The largest absolute Gasteiger partial charge is 0.323 e. The molecule has 0 aliphatic carbocycles. The molecule has 1 atom stereocenters. The van der Waals surface area contributed by atoms with Crippen molar-refractivity contribution in [2.45, 2.75) is 13.0 Å². The SMILES string of the molecule is CC(C(=O)Nc1ccc(-n2cncn2)nc1)N1C(=O)c2ccccc2C1=O. The zero-order chi connectivity index (χ0) is 19.0. The maximum absolute atomic E-state index is 12.5. The fourth-order valence-corrected chi connectivity index (χ4v) is 2.85. The highest BCUT2D eigenvalue weighted by atomic mass is 16.2. The van der Waals surface area contributed by atoms with Gasteiger partial charge in [0.15, 0.2) is 5.82 Å². The second-order valence-electron chi connectivity index (χ2n) is 5.94. The summed E-state index contributed by atoms with van der Waals surface area (Å²) in [4.78, 5) is 46.5. The Morgan fingerprint density at radius 2 is 1.78 bits per heavy atom. The Kier molecular flexibility index (Phi) is 3.96. The summed E-state index contributed by atoms with van der Waals surface area (Å²) in [6.07, 6.45) is 4.36. The summed E-state index contributed by atoms with van der Waals surface area (Å²) in [5.41, 5.74) is 1.05. The first-order valence-electron chi connectivity index (χ1n) is 8.15. The van der Waals surface area contributed by atoms with Crippen molar-refractivity contribution < 1.29 is 14.4 Å². The number of hydrogen-bond acceptors (Lipinski definition) is 6. The topological polar surface area (TPSA) is 110 Å². The lowest BCUT2D eigenvalue weighted by molar-refractivity contribution is -0.119. The molecule has 2 aromatic heterocycles.